The van der Waals surface area contributed by atoms with Crippen molar-refractivity contribution >= 4 is 9.84 Å². The monoisotopic (exact) mass is 308 g/mol. The van der Waals surface area contributed by atoms with E-state index in [0.717, 1.165) is 0 Å². The molecule has 0 saturated carbocycles. The number of nitrogens with zero attached hydrogens (tertiary/aromatic N) is 2. The van der Waals surface area contributed by atoms with Crippen LogP contribution in [0, 0.1) is 17.2 Å². The summed E-state index contributed by atoms with van der Waals surface area (Å²) in [6.07, 6.45) is 0. The van der Waals surface area contributed by atoms with Gasteiger partial charge in [-0.1, -0.05) is 19.9 Å². The number of benzene rings is 1. The highest BCUT2D eigenvalue weighted by molar-refractivity contribution is 7.91. The lowest BCUT2D eigenvalue weighted by molar-refractivity contribution is -0.125. The first-order valence-corrected chi connectivity index (χ1v) is 8.60. The molecule has 1 heterocycles. The molecule has 21 heavy (non-hydrogen) atoms. The molecule has 1 N–H and O–H groups in total. The second-order valence-corrected chi connectivity index (χ2v) is 8.04. The van der Waals surface area contributed by atoms with Crippen LogP contribution in [-0.2, 0) is 9.84 Å². The van der Waals surface area contributed by atoms with E-state index in [-0.39, 0.29) is 16.6 Å². The highest BCUT2D eigenvalue weighted by Crippen LogP contribution is 2.28. The molecule has 1 aromatic rings. The normalized spacial score (nSPS) is 18.2. The Hall–Kier alpha value is -1.42. The molecule has 2 rings (SSSR count). The van der Waals surface area contributed by atoms with Crippen LogP contribution in [0.3, 0.4) is 0 Å². The molecular weight excluding hydrogens is 288 g/mol. The van der Waals surface area contributed by atoms with E-state index < -0.39 is 15.4 Å². The van der Waals surface area contributed by atoms with Crippen molar-refractivity contribution in [3.63, 3.8) is 0 Å². The van der Waals surface area contributed by atoms with Crippen LogP contribution in [-0.4, -0.2) is 49.4 Å². The summed E-state index contributed by atoms with van der Waals surface area (Å²) < 4.78 is 24.5. The van der Waals surface area contributed by atoms with Crippen LogP contribution < -0.4 is 0 Å². The van der Waals surface area contributed by atoms with Gasteiger partial charge in [0.15, 0.2) is 9.84 Å². The van der Waals surface area contributed by atoms with E-state index in [1.54, 1.807) is 12.1 Å². The van der Waals surface area contributed by atoms with Gasteiger partial charge in [0.05, 0.1) is 27.9 Å². The summed E-state index contributed by atoms with van der Waals surface area (Å²) >= 11 is 0. The predicted molar refractivity (Wildman–Crippen MR) is 79.4 cm³/mol. The number of β-amino-alcohol motifs (C(OH)–C–C–N with tert-alkyl or cyclic N) is 1. The number of nitriles is 1. The van der Waals surface area contributed by atoms with Gasteiger partial charge in [0.1, 0.15) is 0 Å². The number of rotatable bonds is 5. The van der Waals surface area contributed by atoms with Crippen molar-refractivity contribution < 1.29 is 13.5 Å². The largest absolute Gasteiger partial charge is 0.387 e. The van der Waals surface area contributed by atoms with Crippen LogP contribution in [0.2, 0.25) is 0 Å². The molecular formula is C15H20N2O3S. The van der Waals surface area contributed by atoms with Crippen LogP contribution in [0.4, 0.5) is 0 Å². The van der Waals surface area contributed by atoms with Crippen molar-refractivity contribution in [3.8, 4) is 6.07 Å². The molecule has 114 valence electrons. The second-order valence-electron chi connectivity index (χ2n) is 5.93. The van der Waals surface area contributed by atoms with E-state index in [4.69, 9.17) is 5.26 Å². The molecule has 1 aliphatic heterocycles. The Labute approximate surface area is 125 Å². The molecule has 0 unspecified atom stereocenters. The standard InChI is InChI=1S/C15H20N2O3S/c1-12(2)15(18)10-17(11-15)6-7-21(19,20)14-5-3-4-13(8-14)9-16/h3-5,8,12,18H,6-7,10-11H2,1-2H3. The van der Waals surface area contributed by atoms with E-state index in [1.807, 2.05) is 24.8 Å². The van der Waals surface area contributed by atoms with Gasteiger partial charge in [0, 0.05) is 19.6 Å². The lowest BCUT2D eigenvalue weighted by Gasteiger charge is -2.49. The first-order chi connectivity index (χ1) is 9.77. The maximum absolute atomic E-state index is 12.2. The minimum atomic E-state index is -3.40. The zero-order valence-corrected chi connectivity index (χ0v) is 13.1. The summed E-state index contributed by atoms with van der Waals surface area (Å²) in [7, 11) is -3.40. The molecule has 1 saturated heterocycles. The molecule has 0 atom stereocenters. The summed E-state index contributed by atoms with van der Waals surface area (Å²) in [5.41, 5.74) is -0.348. The Balaban J connectivity index is 1.96. The van der Waals surface area contributed by atoms with E-state index in [1.165, 1.54) is 12.1 Å². The fourth-order valence-corrected chi connectivity index (χ4v) is 3.70. The molecule has 5 nitrogen and oxygen atoms in total. The summed E-state index contributed by atoms with van der Waals surface area (Å²) in [5.74, 6) is 0.161. The Kier molecular flexibility index (Phi) is 4.38. The minimum Gasteiger partial charge on any atom is -0.387 e. The molecule has 1 fully saturated rings. The number of aliphatic hydroxyl groups is 1. The Morgan fingerprint density at radius 1 is 1.43 bits per heavy atom. The third-order valence-electron chi connectivity index (χ3n) is 4.07. The second kappa shape index (κ2) is 5.76. The molecule has 1 aliphatic rings. The van der Waals surface area contributed by atoms with Gasteiger partial charge in [-0.2, -0.15) is 5.26 Å². The predicted octanol–water partition coefficient (Wildman–Crippen LogP) is 1.03. The Bertz CT molecular complexity index is 656. The van der Waals surface area contributed by atoms with E-state index in [2.05, 4.69) is 0 Å². The zero-order chi connectivity index (χ0) is 15.7. The van der Waals surface area contributed by atoms with Gasteiger partial charge in [-0.15, -0.1) is 0 Å². The first kappa shape index (κ1) is 16.0. The molecule has 1 aromatic carbocycles. The fraction of sp³-hybridized carbons (Fsp3) is 0.533. The van der Waals surface area contributed by atoms with Crippen LogP contribution in [0.25, 0.3) is 0 Å². The molecule has 6 heteroatoms. The van der Waals surface area contributed by atoms with E-state index >= 15 is 0 Å². The number of likely N-dealkylation sites (tertiary alicyclic amines) is 1. The van der Waals surface area contributed by atoms with Crippen LogP contribution in [0.1, 0.15) is 19.4 Å². The highest BCUT2D eigenvalue weighted by Gasteiger charge is 2.43. The molecule has 0 spiro atoms. The average Bonchev–Trinajstić information content (AvgIpc) is 2.42. The number of sulfone groups is 1. The van der Waals surface area contributed by atoms with Crippen molar-refractivity contribution in [2.24, 2.45) is 5.92 Å². The lowest BCUT2D eigenvalue weighted by Crippen LogP contribution is -2.64. The zero-order valence-electron chi connectivity index (χ0n) is 12.3. The Morgan fingerprint density at radius 3 is 2.67 bits per heavy atom. The number of hydrogen-bond donors (Lipinski definition) is 1. The van der Waals surface area contributed by atoms with Crippen LogP contribution >= 0.6 is 0 Å². The third-order valence-corrected chi connectivity index (χ3v) is 5.76. The van der Waals surface area contributed by atoms with Crippen molar-refractivity contribution in [1.82, 2.24) is 4.90 Å². The molecule has 0 amide bonds. The average molecular weight is 308 g/mol. The Morgan fingerprint density at radius 2 is 2.10 bits per heavy atom. The van der Waals surface area contributed by atoms with Gasteiger partial charge in [-0.3, -0.25) is 4.90 Å². The maximum atomic E-state index is 12.2. The van der Waals surface area contributed by atoms with Gasteiger partial charge in [0.2, 0.25) is 0 Å². The summed E-state index contributed by atoms with van der Waals surface area (Å²) in [4.78, 5) is 2.12. The van der Waals surface area contributed by atoms with Crippen molar-refractivity contribution in [1.29, 1.82) is 5.26 Å². The van der Waals surface area contributed by atoms with Crippen molar-refractivity contribution in [3.05, 3.63) is 29.8 Å². The maximum Gasteiger partial charge on any atom is 0.179 e. The van der Waals surface area contributed by atoms with Gasteiger partial charge in [-0.25, -0.2) is 8.42 Å². The van der Waals surface area contributed by atoms with Crippen molar-refractivity contribution in [2.75, 3.05) is 25.4 Å². The first-order valence-electron chi connectivity index (χ1n) is 6.94. The van der Waals surface area contributed by atoms with E-state index in [9.17, 15) is 13.5 Å². The van der Waals surface area contributed by atoms with Gasteiger partial charge >= 0.3 is 0 Å². The molecule has 0 aromatic heterocycles. The molecule has 0 bridgehead atoms. The summed E-state index contributed by atoms with van der Waals surface area (Å²) in [5, 5.41) is 19.0. The highest BCUT2D eigenvalue weighted by atomic mass is 32.2. The van der Waals surface area contributed by atoms with Gasteiger partial charge in [0.25, 0.3) is 0 Å². The van der Waals surface area contributed by atoms with Crippen LogP contribution in [0.15, 0.2) is 29.2 Å². The molecule has 0 aliphatic carbocycles. The SMILES string of the molecule is CC(C)C1(O)CN(CCS(=O)(=O)c2cccc(C#N)c2)C1. The minimum absolute atomic E-state index is 0.00391. The quantitative estimate of drug-likeness (QED) is 0.879. The smallest absolute Gasteiger partial charge is 0.179 e. The van der Waals surface area contributed by atoms with Crippen molar-refractivity contribution in [2.45, 2.75) is 24.3 Å². The third kappa shape index (κ3) is 3.43. The van der Waals surface area contributed by atoms with Gasteiger partial charge in [-0.05, 0) is 24.1 Å². The summed E-state index contributed by atoms with van der Waals surface area (Å²) in [6, 6.07) is 8.01. The van der Waals surface area contributed by atoms with E-state index in [0.29, 0.717) is 25.2 Å². The number of hydrogen-bond acceptors (Lipinski definition) is 5. The topological polar surface area (TPSA) is 81.4 Å². The van der Waals surface area contributed by atoms with Crippen LogP contribution in [0.5, 0.6) is 0 Å². The molecule has 0 radical (unpaired) electrons. The van der Waals surface area contributed by atoms with Gasteiger partial charge < -0.3 is 5.11 Å². The lowest BCUT2D eigenvalue weighted by atomic mass is 9.83. The fourth-order valence-electron chi connectivity index (χ4n) is 2.38. The summed E-state index contributed by atoms with van der Waals surface area (Å²) in [6.45, 7) is 5.34.